The van der Waals surface area contributed by atoms with Crippen LogP contribution in [0.5, 0.6) is 6.01 Å². The molecule has 1 aliphatic carbocycles. The maximum atomic E-state index is 13.1. The number of rotatable bonds is 5. The van der Waals surface area contributed by atoms with Crippen LogP contribution in [0, 0.1) is 11.7 Å². The van der Waals surface area contributed by atoms with Gasteiger partial charge in [-0.3, -0.25) is 4.90 Å². The van der Waals surface area contributed by atoms with Crippen molar-refractivity contribution in [1.82, 2.24) is 14.9 Å². The largest absolute Gasteiger partial charge is 0.463 e. The average Bonchev–Trinajstić information content (AvgIpc) is 3.07. The van der Waals surface area contributed by atoms with Gasteiger partial charge in [0.1, 0.15) is 5.82 Å². The number of hydrogen-bond donors (Lipinski definition) is 0. The first kappa shape index (κ1) is 16.4. The zero-order valence-electron chi connectivity index (χ0n) is 14.1. The van der Waals surface area contributed by atoms with Gasteiger partial charge in [0.15, 0.2) is 0 Å². The quantitative estimate of drug-likeness (QED) is 0.835. The standard InChI is InChI=1S/C19H22FN3O2/c20-16-5-2-14(3-6-16)12-23-10-11-24-18-15(4-7-17(18)23)13-25-19-21-8-1-9-22-19/h1-3,5-6,8-9,15,17-18H,4,7,10-13H2/t15-,17-,18+/m0/s1. The van der Waals surface area contributed by atoms with Gasteiger partial charge in [-0.25, -0.2) is 14.4 Å². The predicted octanol–water partition coefficient (Wildman–Crippen LogP) is 2.67. The zero-order chi connectivity index (χ0) is 17.1. The summed E-state index contributed by atoms with van der Waals surface area (Å²) in [6, 6.07) is 9.37. The maximum absolute atomic E-state index is 13.1. The minimum Gasteiger partial charge on any atom is -0.463 e. The Bertz CT molecular complexity index is 683. The molecule has 0 amide bonds. The second-order valence-electron chi connectivity index (χ2n) is 6.68. The van der Waals surface area contributed by atoms with Crippen molar-refractivity contribution in [3.05, 3.63) is 54.1 Å². The van der Waals surface area contributed by atoms with E-state index in [-0.39, 0.29) is 11.9 Å². The molecule has 1 saturated carbocycles. The third kappa shape index (κ3) is 3.80. The number of fused-ring (bicyclic) bond motifs is 1. The highest BCUT2D eigenvalue weighted by atomic mass is 19.1. The smallest absolute Gasteiger partial charge is 0.316 e. The molecule has 1 aromatic heterocycles. The number of ether oxygens (including phenoxy) is 2. The summed E-state index contributed by atoms with van der Waals surface area (Å²) in [5.74, 6) is 0.162. The van der Waals surface area contributed by atoms with Gasteiger partial charge in [0.2, 0.25) is 0 Å². The third-order valence-electron chi connectivity index (χ3n) is 5.10. The van der Waals surface area contributed by atoms with Crippen molar-refractivity contribution >= 4 is 0 Å². The molecule has 0 unspecified atom stereocenters. The summed E-state index contributed by atoms with van der Waals surface area (Å²) in [7, 11) is 0. The molecular weight excluding hydrogens is 321 g/mol. The number of morpholine rings is 1. The monoisotopic (exact) mass is 343 g/mol. The molecule has 1 saturated heterocycles. The molecule has 2 heterocycles. The summed E-state index contributed by atoms with van der Waals surface area (Å²) in [4.78, 5) is 10.7. The Kier molecular flexibility index (Phi) is 4.90. The molecule has 4 rings (SSSR count). The van der Waals surface area contributed by atoms with Gasteiger partial charge < -0.3 is 9.47 Å². The van der Waals surface area contributed by atoms with Crippen molar-refractivity contribution in [3.8, 4) is 6.01 Å². The molecule has 0 bridgehead atoms. The normalized spacial score (nSPS) is 26.4. The van der Waals surface area contributed by atoms with Crippen molar-refractivity contribution in [2.45, 2.75) is 31.5 Å². The lowest BCUT2D eigenvalue weighted by atomic mass is 10.0. The molecule has 132 valence electrons. The molecule has 0 radical (unpaired) electrons. The Morgan fingerprint density at radius 3 is 2.76 bits per heavy atom. The highest BCUT2D eigenvalue weighted by molar-refractivity contribution is 5.16. The van der Waals surface area contributed by atoms with E-state index in [0.717, 1.165) is 38.1 Å². The molecule has 1 aromatic carbocycles. The molecule has 0 N–H and O–H groups in total. The third-order valence-corrected chi connectivity index (χ3v) is 5.10. The summed E-state index contributed by atoms with van der Waals surface area (Å²) in [6.07, 6.45) is 5.71. The molecule has 6 heteroatoms. The molecule has 2 aromatic rings. The SMILES string of the molecule is Fc1ccc(CN2CCO[C@@H]3[C@H](COc4ncccn4)CC[C@@H]32)cc1. The van der Waals surface area contributed by atoms with Crippen LogP contribution in [-0.2, 0) is 11.3 Å². The van der Waals surface area contributed by atoms with Crippen LogP contribution in [-0.4, -0.2) is 46.8 Å². The molecule has 2 fully saturated rings. The van der Waals surface area contributed by atoms with Crippen LogP contribution in [0.1, 0.15) is 18.4 Å². The Morgan fingerprint density at radius 1 is 1.16 bits per heavy atom. The number of nitrogens with zero attached hydrogens (tertiary/aromatic N) is 3. The lowest BCUT2D eigenvalue weighted by Crippen LogP contribution is -2.50. The van der Waals surface area contributed by atoms with Gasteiger partial charge in [-0.2, -0.15) is 0 Å². The number of aromatic nitrogens is 2. The van der Waals surface area contributed by atoms with Crippen LogP contribution in [0.15, 0.2) is 42.7 Å². The van der Waals surface area contributed by atoms with Gasteiger partial charge in [0, 0.05) is 37.4 Å². The number of benzene rings is 1. The Balaban J connectivity index is 1.37. The van der Waals surface area contributed by atoms with Gasteiger partial charge in [-0.1, -0.05) is 12.1 Å². The Labute approximate surface area is 146 Å². The van der Waals surface area contributed by atoms with Crippen molar-refractivity contribution in [3.63, 3.8) is 0 Å². The van der Waals surface area contributed by atoms with E-state index in [9.17, 15) is 4.39 Å². The lowest BCUT2D eigenvalue weighted by molar-refractivity contribution is -0.0819. The molecule has 2 aliphatic rings. The van der Waals surface area contributed by atoms with Crippen molar-refractivity contribution in [1.29, 1.82) is 0 Å². The van der Waals surface area contributed by atoms with E-state index in [1.807, 2.05) is 12.1 Å². The van der Waals surface area contributed by atoms with E-state index < -0.39 is 0 Å². The van der Waals surface area contributed by atoms with Gasteiger partial charge in [-0.05, 0) is 36.6 Å². The van der Waals surface area contributed by atoms with E-state index in [2.05, 4.69) is 14.9 Å². The van der Waals surface area contributed by atoms with Crippen molar-refractivity contribution in [2.24, 2.45) is 5.92 Å². The molecule has 1 aliphatic heterocycles. The highest BCUT2D eigenvalue weighted by Gasteiger charge is 2.42. The number of halogens is 1. The van der Waals surface area contributed by atoms with Crippen molar-refractivity contribution in [2.75, 3.05) is 19.8 Å². The van der Waals surface area contributed by atoms with E-state index in [0.29, 0.717) is 24.6 Å². The second kappa shape index (κ2) is 7.45. The van der Waals surface area contributed by atoms with Crippen molar-refractivity contribution < 1.29 is 13.9 Å². The first-order valence-corrected chi connectivity index (χ1v) is 8.79. The number of hydrogen-bond acceptors (Lipinski definition) is 5. The maximum Gasteiger partial charge on any atom is 0.316 e. The van der Waals surface area contributed by atoms with Crippen LogP contribution in [0.3, 0.4) is 0 Å². The van der Waals surface area contributed by atoms with Gasteiger partial charge >= 0.3 is 6.01 Å². The van der Waals surface area contributed by atoms with Gasteiger partial charge in [-0.15, -0.1) is 0 Å². The lowest BCUT2D eigenvalue weighted by Gasteiger charge is -2.39. The van der Waals surface area contributed by atoms with E-state index in [1.165, 1.54) is 12.1 Å². The minimum absolute atomic E-state index is 0.179. The van der Waals surface area contributed by atoms with Crippen LogP contribution in [0.25, 0.3) is 0 Å². The van der Waals surface area contributed by atoms with Crippen LogP contribution >= 0.6 is 0 Å². The fraction of sp³-hybridized carbons (Fsp3) is 0.474. The molecule has 5 nitrogen and oxygen atoms in total. The summed E-state index contributed by atoms with van der Waals surface area (Å²) in [5, 5.41) is 0. The first-order chi connectivity index (χ1) is 12.3. The van der Waals surface area contributed by atoms with Gasteiger partial charge in [0.25, 0.3) is 0 Å². The fourth-order valence-corrected chi connectivity index (χ4v) is 3.88. The first-order valence-electron chi connectivity index (χ1n) is 8.79. The van der Waals surface area contributed by atoms with Gasteiger partial charge in [0.05, 0.1) is 19.3 Å². The molecule has 25 heavy (non-hydrogen) atoms. The zero-order valence-corrected chi connectivity index (χ0v) is 14.1. The minimum atomic E-state index is -0.190. The Hall–Kier alpha value is -2.05. The molecule has 3 atom stereocenters. The summed E-state index contributed by atoms with van der Waals surface area (Å²) >= 11 is 0. The summed E-state index contributed by atoms with van der Waals surface area (Å²) < 4.78 is 24.9. The predicted molar refractivity (Wildman–Crippen MR) is 90.6 cm³/mol. The average molecular weight is 343 g/mol. The summed E-state index contributed by atoms with van der Waals surface area (Å²) in [5.41, 5.74) is 1.14. The Morgan fingerprint density at radius 2 is 1.96 bits per heavy atom. The fourth-order valence-electron chi connectivity index (χ4n) is 3.88. The second-order valence-corrected chi connectivity index (χ2v) is 6.68. The topological polar surface area (TPSA) is 47.5 Å². The van der Waals surface area contributed by atoms with Crippen LogP contribution < -0.4 is 4.74 Å². The molecule has 0 spiro atoms. The van der Waals surface area contributed by atoms with Crippen LogP contribution in [0.4, 0.5) is 4.39 Å². The van der Waals surface area contributed by atoms with E-state index in [1.54, 1.807) is 18.5 Å². The van der Waals surface area contributed by atoms with Crippen LogP contribution in [0.2, 0.25) is 0 Å². The van der Waals surface area contributed by atoms with E-state index in [4.69, 9.17) is 9.47 Å². The molecular formula is C19H22FN3O2. The summed E-state index contributed by atoms with van der Waals surface area (Å²) in [6.45, 7) is 3.05. The highest BCUT2D eigenvalue weighted by Crippen LogP contribution is 2.35. The van der Waals surface area contributed by atoms with E-state index >= 15 is 0 Å².